The summed E-state index contributed by atoms with van der Waals surface area (Å²) >= 11 is 0. The number of aromatic nitrogens is 3. The van der Waals surface area contributed by atoms with Gasteiger partial charge in [0.15, 0.2) is 15.7 Å². The monoisotopic (exact) mass is 299 g/mol. The van der Waals surface area contributed by atoms with Crippen molar-refractivity contribution >= 4 is 15.8 Å². The van der Waals surface area contributed by atoms with Crippen LogP contribution in [0.5, 0.6) is 0 Å². The maximum Gasteiger partial charge on any atom is 0.307 e. The summed E-state index contributed by atoms with van der Waals surface area (Å²) < 4.78 is 25.1. The van der Waals surface area contributed by atoms with Crippen LogP contribution >= 0.6 is 0 Å². The van der Waals surface area contributed by atoms with E-state index in [-0.39, 0.29) is 17.4 Å². The van der Waals surface area contributed by atoms with Crippen molar-refractivity contribution in [3.63, 3.8) is 0 Å². The zero-order chi connectivity index (χ0) is 14.3. The number of rotatable bonds is 2. The first-order valence-corrected chi connectivity index (χ1v) is 8.63. The lowest BCUT2D eigenvalue weighted by molar-refractivity contribution is -0.142. The standard InChI is InChI=1S/C12H17N3O4S/c16-12(17)8-3-4-15-10(6-8)13-11(14-15)9-2-1-5-20(18,19)7-9/h8-9H,1-7H2,(H,16,17). The summed E-state index contributed by atoms with van der Waals surface area (Å²) in [5, 5.41) is 13.4. The van der Waals surface area contributed by atoms with Gasteiger partial charge in [-0.2, -0.15) is 5.10 Å². The number of carboxylic acids is 1. The molecule has 1 saturated heterocycles. The van der Waals surface area contributed by atoms with Crippen molar-refractivity contribution in [2.75, 3.05) is 11.5 Å². The summed E-state index contributed by atoms with van der Waals surface area (Å²) in [6, 6.07) is 0. The van der Waals surface area contributed by atoms with Crippen molar-refractivity contribution in [1.82, 2.24) is 14.8 Å². The number of fused-ring (bicyclic) bond motifs is 1. The van der Waals surface area contributed by atoms with E-state index < -0.39 is 21.7 Å². The molecule has 1 fully saturated rings. The molecule has 0 aromatic carbocycles. The molecule has 7 nitrogen and oxygen atoms in total. The van der Waals surface area contributed by atoms with Crippen LogP contribution in [0.15, 0.2) is 0 Å². The van der Waals surface area contributed by atoms with E-state index in [0.717, 1.165) is 6.42 Å². The van der Waals surface area contributed by atoms with Gasteiger partial charge in [0.05, 0.1) is 17.4 Å². The quantitative estimate of drug-likeness (QED) is 0.838. The van der Waals surface area contributed by atoms with E-state index in [4.69, 9.17) is 5.11 Å². The molecule has 2 atom stereocenters. The second-order valence-electron chi connectivity index (χ2n) is 5.59. The van der Waals surface area contributed by atoms with Gasteiger partial charge in [-0.1, -0.05) is 0 Å². The van der Waals surface area contributed by atoms with Crippen molar-refractivity contribution in [2.45, 2.75) is 38.1 Å². The summed E-state index contributed by atoms with van der Waals surface area (Å²) in [5.74, 6) is 0.235. The minimum absolute atomic E-state index is 0.110. The van der Waals surface area contributed by atoms with E-state index in [1.165, 1.54) is 0 Å². The van der Waals surface area contributed by atoms with E-state index in [1.807, 2.05) is 0 Å². The molecule has 1 aromatic heterocycles. The van der Waals surface area contributed by atoms with Crippen LogP contribution in [0.2, 0.25) is 0 Å². The summed E-state index contributed by atoms with van der Waals surface area (Å²) in [4.78, 5) is 15.4. The third-order valence-electron chi connectivity index (χ3n) is 4.06. The number of hydrogen-bond acceptors (Lipinski definition) is 5. The van der Waals surface area contributed by atoms with Crippen LogP contribution in [0, 0.1) is 5.92 Å². The average Bonchev–Trinajstić information content (AvgIpc) is 2.80. The topological polar surface area (TPSA) is 102 Å². The van der Waals surface area contributed by atoms with Crippen LogP contribution in [-0.4, -0.2) is 45.8 Å². The molecule has 0 aliphatic carbocycles. The Hall–Kier alpha value is -1.44. The van der Waals surface area contributed by atoms with E-state index >= 15 is 0 Å². The second-order valence-corrected chi connectivity index (χ2v) is 7.82. The Bertz CT molecular complexity index is 637. The van der Waals surface area contributed by atoms with Gasteiger partial charge < -0.3 is 5.11 Å². The largest absolute Gasteiger partial charge is 0.481 e. The van der Waals surface area contributed by atoms with Gasteiger partial charge in [-0.3, -0.25) is 4.79 Å². The highest BCUT2D eigenvalue weighted by Crippen LogP contribution is 2.28. The molecule has 110 valence electrons. The second kappa shape index (κ2) is 4.83. The molecule has 0 spiro atoms. The minimum Gasteiger partial charge on any atom is -0.481 e. The van der Waals surface area contributed by atoms with Crippen LogP contribution in [0.3, 0.4) is 0 Å². The van der Waals surface area contributed by atoms with Gasteiger partial charge >= 0.3 is 5.97 Å². The van der Waals surface area contributed by atoms with E-state index in [9.17, 15) is 13.2 Å². The van der Waals surface area contributed by atoms with Crippen LogP contribution < -0.4 is 0 Å². The molecular weight excluding hydrogens is 282 g/mol. The molecule has 0 amide bonds. The molecule has 2 aliphatic rings. The first-order valence-electron chi connectivity index (χ1n) is 6.81. The fourth-order valence-corrected chi connectivity index (χ4v) is 4.64. The molecule has 8 heteroatoms. The van der Waals surface area contributed by atoms with Gasteiger partial charge in [0.2, 0.25) is 0 Å². The van der Waals surface area contributed by atoms with Crippen molar-refractivity contribution < 1.29 is 18.3 Å². The Morgan fingerprint density at radius 1 is 1.35 bits per heavy atom. The Morgan fingerprint density at radius 3 is 2.85 bits per heavy atom. The molecule has 1 N–H and O–H groups in total. The number of carboxylic acid groups (broad SMARTS) is 1. The lowest BCUT2D eigenvalue weighted by Gasteiger charge is -2.18. The minimum atomic E-state index is -2.99. The van der Waals surface area contributed by atoms with Gasteiger partial charge in [-0.15, -0.1) is 0 Å². The van der Waals surface area contributed by atoms with E-state index in [2.05, 4.69) is 10.1 Å². The predicted octanol–water partition coefficient (Wildman–Crippen LogP) is 0.217. The average molecular weight is 299 g/mol. The number of sulfone groups is 1. The molecule has 0 saturated carbocycles. The third-order valence-corrected chi connectivity index (χ3v) is 5.88. The van der Waals surface area contributed by atoms with Crippen LogP contribution in [0.25, 0.3) is 0 Å². The zero-order valence-electron chi connectivity index (χ0n) is 11.0. The molecule has 1 aromatic rings. The molecule has 20 heavy (non-hydrogen) atoms. The van der Waals surface area contributed by atoms with E-state index in [0.29, 0.717) is 37.5 Å². The SMILES string of the molecule is O=C(O)C1CCn2nc(C3CCCS(=O)(=O)C3)nc2C1. The molecule has 3 rings (SSSR count). The predicted molar refractivity (Wildman–Crippen MR) is 70.1 cm³/mol. The highest BCUT2D eigenvalue weighted by Gasteiger charge is 2.32. The fourth-order valence-electron chi connectivity index (χ4n) is 2.93. The summed E-state index contributed by atoms with van der Waals surface area (Å²) in [6.45, 7) is 0.540. The number of carbonyl (C=O) groups is 1. The number of aryl methyl sites for hydroxylation is 1. The van der Waals surface area contributed by atoms with Gasteiger partial charge in [0.1, 0.15) is 5.82 Å². The summed E-state index contributed by atoms with van der Waals surface area (Å²) in [5.41, 5.74) is 0. The molecule has 2 unspecified atom stereocenters. The molecule has 0 radical (unpaired) electrons. The molecule has 2 aliphatic heterocycles. The van der Waals surface area contributed by atoms with Crippen molar-refractivity contribution in [2.24, 2.45) is 5.92 Å². The summed E-state index contributed by atoms with van der Waals surface area (Å²) in [6.07, 6.45) is 2.36. The van der Waals surface area contributed by atoms with Crippen LogP contribution in [0.1, 0.15) is 36.8 Å². The molecule has 3 heterocycles. The number of nitrogens with zero attached hydrogens (tertiary/aromatic N) is 3. The molecule has 0 bridgehead atoms. The Balaban J connectivity index is 1.82. The van der Waals surface area contributed by atoms with Crippen molar-refractivity contribution in [3.05, 3.63) is 11.6 Å². The van der Waals surface area contributed by atoms with Crippen molar-refractivity contribution in [3.8, 4) is 0 Å². The Morgan fingerprint density at radius 2 is 2.15 bits per heavy atom. The fraction of sp³-hybridized carbons (Fsp3) is 0.750. The normalized spacial score (nSPS) is 28.8. The molecular formula is C12H17N3O4S. The van der Waals surface area contributed by atoms with Gasteiger partial charge in [-0.25, -0.2) is 18.1 Å². The van der Waals surface area contributed by atoms with Crippen LogP contribution in [0.4, 0.5) is 0 Å². The first kappa shape index (κ1) is 13.5. The number of hydrogen-bond donors (Lipinski definition) is 1. The van der Waals surface area contributed by atoms with Gasteiger partial charge in [-0.05, 0) is 19.3 Å². The smallest absolute Gasteiger partial charge is 0.307 e. The maximum absolute atomic E-state index is 11.7. The lowest BCUT2D eigenvalue weighted by Crippen LogP contribution is -2.26. The number of aliphatic carboxylic acids is 1. The Labute approximate surface area is 116 Å². The van der Waals surface area contributed by atoms with E-state index in [1.54, 1.807) is 4.68 Å². The first-order chi connectivity index (χ1) is 9.44. The van der Waals surface area contributed by atoms with Crippen LogP contribution in [-0.2, 0) is 27.6 Å². The third kappa shape index (κ3) is 2.56. The summed E-state index contributed by atoms with van der Waals surface area (Å²) in [7, 11) is -2.99. The zero-order valence-corrected chi connectivity index (χ0v) is 11.8. The lowest BCUT2D eigenvalue weighted by atomic mass is 9.98. The highest BCUT2D eigenvalue weighted by molar-refractivity contribution is 7.91. The van der Waals surface area contributed by atoms with Crippen molar-refractivity contribution in [1.29, 1.82) is 0 Å². The Kier molecular flexibility index (Phi) is 3.27. The van der Waals surface area contributed by atoms with Gasteiger partial charge in [0.25, 0.3) is 0 Å². The van der Waals surface area contributed by atoms with Gasteiger partial charge in [0, 0.05) is 18.9 Å². The maximum atomic E-state index is 11.7. The highest BCUT2D eigenvalue weighted by atomic mass is 32.2.